The molecule has 0 bridgehead atoms. The van der Waals surface area contributed by atoms with Crippen LogP contribution < -0.4 is 4.90 Å². The van der Waals surface area contributed by atoms with Crippen molar-refractivity contribution in [2.75, 3.05) is 11.4 Å². The van der Waals surface area contributed by atoms with Crippen molar-refractivity contribution in [2.24, 2.45) is 0 Å². The average molecular weight is 263 g/mol. The van der Waals surface area contributed by atoms with E-state index in [0.717, 1.165) is 25.3 Å². The zero-order valence-electron chi connectivity index (χ0n) is 13.0. The summed E-state index contributed by atoms with van der Waals surface area (Å²) in [5.74, 6) is 0.897. The van der Waals surface area contributed by atoms with Crippen LogP contribution >= 0.6 is 0 Å². The van der Waals surface area contributed by atoms with E-state index in [0.29, 0.717) is 6.04 Å². The van der Waals surface area contributed by atoms with Crippen LogP contribution in [0.2, 0.25) is 0 Å². The Morgan fingerprint density at radius 3 is 2.26 bits per heavy atom. The number of hydrogen-bond donors (Lipinski definition) is 0. The zero-order chi connectivity index (χ0) is 14.1. The molecule has 19 heavy (non-hydrogen) atoms. The van der Waals surface area contributed by atoms with Crippen LogP contribution in [0, 0.1) is 0 Å². The number of aromatic nitrogens is 2. The van der Waals surface area contributed by atoms with Gasteiger partial charge in [-0.1, -0.05) is 40.0 Å². The van der Waals surface area contributed by atoms with Gasteiger partial charge < -0.3 is 4.90 Å². The fraction of sp³-hybridized carbons (Fsp3) is 0.750. The van der Waals surface area contributed by atoms with Crippen LogP contribution in [0.25, 0.3) is 0 Å². The third-order valence-electron chi connectivity index (χ3n) is 3.48. The third-order valence-corrected chi connectivity index (χ3v) is 3.48. The Hall–Kier alpha value is -1.12. The minimum atomic E-state index is 0.522. The van der Waals surface area contributed by atoms with Gasteiger partial charge in [0, 0.05) is 25.0 Å². The molecule has 1 rings (SSSR count). The molecule has 0 aliphatic rings. The smallest absolute Gasteiger partial charge is 0.225 e. The summed E-state index contributed by atoms with van der Waals surface area (Å²) in [6.45, 7) is 9.99. The summed E-state index contributed by atoms with van der Waals surface area (Å²) < 4.78 is 0. The van der Waals surface area contributed by atoms with Crippen LogP contribution in [-0.4, -0.2) is 22.6 Å². The van der Waals surface area contributed by atoms with Crippen molar-refractivity contribution in [3.63, 3.8) is 0 Å². The summed E-state index contributed by atoms with van der Waals surface area (Å²) in [6.07, 6.45) is 11.0. The predicted molar refractivity (Wildman–Crippen MR) is 82.7 cm³/mol. The highest BCUT2D eigenvalue weighted by molar-refractivity contribution is 5.31. The molecule has 0 fully saturated rings. The lowest BCUT2D eigenvalue weighted by Crippen LogP contribution is -2.35. The van der Waals surface area contributed by atoms with E-state index in [9.17, 15) is 0 Å². The fourth-order valence-electron chi connectivity index (χ4n) is 2.33. The van der Waals surface area contributed by atoms with Crippen LogP contribution in [0.4, 0.5) is 5.95 Å². The van der Waals surface area contributed by atoms with E-state index < -0.39 is 0 Å². The van der Waals surface area contributed by atoms with Crippen LogP contribution in [0.3, 0.4) is 0 Å². The summed E-state index contributed by atoms with van der Waals surface area (Å²) in [6, 6.07) is 0.522. The summed E-state index contributed by atoms with van der Waals surface area (Å²) in [7, 11) is 0. The number of nitrogens with zero attached hydrogens (tertiary/aromatic N) is 3. The van der Waals surface area contributed by atoms with Crippen molar-refractivity contribution in [2.45, 2.75) is 72.3 Å². The molecule has 108 valence electrons. The molecule has 1 aromatic heterocycles. The quantitative estimate of drug-likeness (QED) is 0.668. The molecule has 0 aromatic carbocycles. The summed E-state index contributed by atoms with van der Waals surface area (Å²) in [4.78, 5) is 11.5. The molecule has 0 N–H and O–H groups in total. The maximum absolute atomic E-state index is 4.57. The number of unbranched alkanes of at least 4 members (excludes halogenated alkanes) is 1. The Morgan fingerprint density at radius 1 is 1.05 bits per heavy atom. The van der Waals surface area contributed by atoms with Gasteiger partial charge in [0.05, 0.1) is 0 Å². The van der Waals surface area contributed by atoms with Crippen molar-refractivity contribution in [1.29, 1.82) is 0 Å². The maximum atomic E-state index is 4.57. The molecule has 1 heterocycles. The topological polar surface area (TPSA) is 29.0 Å². The molecule has 1 unspecified atom stereocenters. The highest BCUT2D eigenvalue weighted by Crippen LogP contribution is 2.16. The number of rotatable bonds is 9. The molecule has 1 atom stereocenters. The van der Waals surface area contributed by atoms with Crippen LogP contribution in [-0.2, 0) is 6.42 Å². The van der Waals surface area contributed by atoms with Crippen molar-refractivity contribution in [1.82, 2.24) is 9.97 Å². The van der Waals surface area contributed by atoms with E-state index in [1.807, 2.05) is 12.4 Å². The Balaban J connectivity index is 2.77. The molecule has 1 aromatic rings. The van der Waals surface area contributed by atoms with Crippen LogP contribution in [0.1, 0.15) is 65.4 Å². The number of aryl methyl sites for hydroxylation is 1. The highest BCUT2D eigenvalue weighted by Gasteiger charge is 2.15. The summed E-state index contributed by atoms with van der Waals surface area (Å²) >= 11 is 0. The van der Waals surface area contributed by atoms with Gasteiger partial charge in [-0.2, -0.15) is 0 Å². The molecule has 0 radical (unpaired) electrons. The van der Waals surface area contributed by atoms with Crippen molar-refractivity contribution in [3.05, 3.63) is 18.0 Å². The van der Waals surface area contributed by atoms with Gasteiger partial charge in [0.25, 0.3) is 0 Å². The molecule has 0 saturated carbocycles. The molecule has 0 spiro atoms. The third kappa shape index (κ3) is 5.17. The minimum Gasteiger partial charge on any atom is -0.338 e. The van der Waals surface area contributed by atoms with Gasteiger partial charge in [0.1, 0.15) is 0 Å². The molecule has 3 nitrogen and oxygen atoms in total. The average Bonchev–Trinajstić information content (AvgIpc) is 2.41. The SMILES string of the molecule is CCCCN(c1ncc(CCC)cn1)C(C)CCC. The van der Waals surface area contributed by atoms with E-state index in [-0.39, 0.29) is 0 Å². The first-order chi connectivity index (χ1) is 9.22. The van der Waals surface area contributed by atoms with Crippen molar-refractivity contribution < 1.29 is 0 Å². The lowest BCUT2D eigenvalue weighted by molar-refractivity contribution is 0.555. The molecular formula is C16H29N3. The summed E-state index contributed by atoms with van der Waals surface area (Å²) in [5, 5.41) is 0. The van der Waals surface area contributed by atoms with E-state index in [4.69, 9.17) is 0 Å². The molecule has 0 aliphatic carbocycles. The molecule has 0 aliphatic heterocycles. The molecule has 0 saturated heterocycles. The molecule has 3 heteroatoms. The second-order valence-corrected chi connectivity index (χ2v) is 5.33. The van der Waals surface area contributed by atoms with E-state index >= 15 is 0 Å². The first-order valence-electron chi connectivity index (χ1n) is 7.80. The lowest BCUT2D eigenvalue weighted by Gasteiger charge is -2.29. The van der Waals surface area contributed by atoms with Gasteiger partial charge in [-0.25, -0.2) is 9.97 Å². The predicted octanol–water partition coefficient (Wildman–Crippen LogP) is 4.22. The first-order valence-corrected chi connectivity index (χ1v) is 7.80. The zero-order valence-corrected chi connectivity index (χ0v) is 13.0. The second-order valence-electron chi connectivity index (χ2n) is 5.33. The largest absolute Gasteiger partial charge is 0.338 e. The lowest BCUT2D eigenvalue weighted by atomic mass is 10.1. The Bertz CT molecular complexity index is 334. The summed E-state index contributed by atoms with van der Waals surface area (Å²) in [5.41, 5.74) is 1.24. The maximum Gasteiger partial charge on any atom is 0.225 e. The van der Waals surface area contributed by atoms with Gasteiger partial charge >= 0.3 is 0 Å². The van der Waals surface area contributed by atoms with Gasteiger partial charge in [-0.15, -0.1) is 0 Å². The Kier molecular flexibility index (Phi) is 7.46. The Morgan fingerprint density at radius 2 is 1.74 bits per heavy atom. The second kappa shape index (κ2) is 8.89. The monoisotopic (exact) mass is 263 g/mol. The highest BCUT2D eigenvalue weighted by atomic mass is 15.3. The number of anilines is 1. The van der Waals surface area contributed by atoms with E-state index in [2.05, 4.69) is 42.6 Å². The van der Waals surface area contributed by atoms with Gasteiger partial charge in [-0.3, -0.25) is 0 Å². The standard InChI is InChI=1S/C16H29N3/c1-5-8-11-19(14(4)9-6-2)16-17-12-15(10-7-3)13-18-16/h12-14H,5-11H2,1-4H3. The fourth-order valence-corrected chi connectivity index (χ4v) is 2.33. The molecular weight excluding hydrogens is 234 g/mol. The Labute approximate surface area is 118 Å². The van der Waals surface area contributed by atoms with Crippen LogP contribution in [0.5, 0.6) is 0 Å². The van der Waals surface area contributed by atoms with Gasteiger partial charge in [-0.05, 0) is 31.7 Å². The van der Waals surface area contributed by atoms with Gasteiger partial charge in [0.15, 0.2) is 0 Å². The van der Waals surface area contributed by atoms with Crippen molar-refractivity contribution in [3.8, 4) is 0 Å². The normalized spacial score (nSPS) is 12.4. The van der Waals surface area contributed by atoms with E-state index in [1.54, 1.807) is 0 Å². The number of hydrogen-bond acceptors (Lipinski definition) is 3. The van der Waals surface area contributed by atoms with Crippen molar-refractivity contribution >= 4 is 5.95 Å². The molecule has 0 amide bonds. The first kappa shape index (κ1) is 15.9. The van der Waals surface area contributed by atoms with E-state index in [1.165, 1.54) is 31.2 Å². The van der Waals surface area contributed by atoms with Gasteiger partial charge in [0.2, 0.25) is 5.95 Å². The minimum absolute atomic E-state index is 0.522. The van der Waals surface area contributed by atoms with Crippen LogP contribution in [0.15, 0.2) is 12.4 Å².